The van der Waals surface area contributed by atoms with Crippen molar-refractivity contribution < 1.29 is 4.79 Å². The molecule has 0 atom stereocenters. The zero-order valence-corrected chi connectivity index (χ0v) is 15.6. The minimum absolute atomic E-state index is 0.104. The highest BCUT2D eigenvalue weighted by Gasteiger charge is 2.16. The summed E-state index contributed by atoms with van der Waals surface area (Å²) in [5.41, 5.74) is 1.10. The minimum Gasteiger partial charge on any atom is -0.335 e. The normalized spacial score (nSPS) is 10.9. The summed E-state index contributed by atoms with van der Waals surface area (Å²) in [6.07, 6.45) is 0.154. The Morgan fingerprint density at radius 3 is 2.69 bits per heavy atom. The molecule has 26 heavy (non-hydrogen) atoms. The molecule has 0 bridgehead atoms. The maximum absolute atomic E-state index is 12.6. The molecule has 0 fully saturated rings. The number of hydrogen-bond acceptors (Lipinski definition) is 3. The first-order valence-corrected chi connectivity index (χ1v) is 8.93. The number of nitrogens with one attached hydrogen (secondary N) is 1. The smallest absolute Gasteiger partial charge is 0.258 e. The van der Waals surface area contributed by atoms with Crippen LogP contribution in [-0.2, 0) is 17.8 Å². The molecule has 0 aliphatic rings. The van der Waals surface area contributed by atoms with Gasteiger partial charge in [-0.05, 0) is 36.8 Å². The number of likely N-dealkylation sites (N-methyl/N-ethyl adjacent to an activating group) is 1. The van der Waals surface area contributed by atoms with Crippen LogP contribution in [0.2, 0.25) is 10.0 Å². The quantitative estimate of drug-likeness (QED) is 0.720. The fourth-order valence-electron chi connectivity index (χ4n) is 2.71. The summed E-state index contributed by atoms with van der Waals surface area (Å²) in [5.74, 6) is 0.346. The molecule has 0 saturated heterocycles. The van der Waals surface area contributed by atoms with Gasteiger partial charge < -0.3 is 9.88 Å². The van der Waals surface area contributed by atoms with Crippen molar-refractivity contribution in [1.82, 2.24) is 14.9 Å². The van der Waals surface area contributed by atoms with Crippen LogP contribution in [0.4, 0.5) is 0 Å². The maximum Gasteiger partial charge on any atom is 0.258 e. The number of halogens is 2. The largest absolute Gasteiger partial charge is 0.335 e. The van der Waals surface area contributed by atoms with Gasteiger partial charge in [0.25, 0.3) is 5.56 Å². The average Bonchev–Trinajstić information content (AvgIpc) is 2.62. The fourth-order valence-corrected chi connectivity index (χ4v) is 3.18. The van der Waals surface area contributed by atoms with E-state index in [0.717, 1.165) is 0 Å². The van der Waals surface area contributed by atoms with Crippen LogP contribution in [0.3, 0.4) is 0 Å². The molecule has 1 heterocycles. The molecule has 134 valence electrons. The molecule has 1 N–H and O–H groups in total. The lowest BCUT2D eigenvalue weighted by molar-refractivity contribution is -0.131. The molecule has 0 spiro atoms. The van der Waals surface area contributed by atoms with Gasteiger partial charge in [0.2, 0.25) is 5.91 Å². The predicted octanol–water partition coefficient (Wildman–Crippen LogP) is 3.82. The van der Waals surface area contributed by atoms with Gasteiger partial charge >= 0.3 is 0 Å². The van der Waals surface area contributed by atoms with Gasteiger partial charge in [-0.25, -0.2) is 4.98 Å². The van der Waals surface area contributed by atoms with E-state index in [4.69, 9.17) is 23.2 Å². The summed E-state index contributed by atoms with van der Waals surface area (Å²) in [4.78, 5) is 33.6. The molecule has 0 aliphatic carbocycles. The molecular weight excluding hydrogens is 373 g/mol. The second-order valence-corrected chi connectivity index (χ2v) is 6.69. The second-order valence-electron chi connectivity index (χ2n) is 5.85. The molecule has 7 heteroatoms. The standard InChI is InChI=1S/C19H17Cl2N3O2/c1-2-24(18(25)9-12-7-8-13(20)10-15(12)21)11-17-22-16-6-4-3-5-14(16)19(26)23-17/h3-8,10H,2,9,11H2,1H3,(H,22,23,26). The third-order valence-corrected chi connectivity index (χ3v) is 4.68. The van der Waals surface area contributed by atoms with Crippen LogP contribution in [0.25, 0.3) is 10.9 Å². The van der Waals surface area contributed by atoms with Crippen molar-refractivity contribution in [3.05, 3.63) is 74.3 Å². The molecule has 2 aromatic carbocycles. The Morgan fingerprint density at radius 1 is 1.19 bits per heavy atom. The Kier molecular flexibility index (Phi) is 5.59. The number of aromatic nitrogens is 2. The number of carbonyl (C=O) groups is 1. The number of amides is 1. The third-order valence-electron chi connectivity index (χ3n) is 4.09. The first-order chi connectivity index (χ1) is 12.5. The van der Waals surface area contributed by atoms with Gasteiger partial charge in [-0.1, -0.05) is 41.4 Å². The Bertz CT molecular complexity index is 1020. The SMILES string of the molecule is CCN(Cc1nc2ccccc2c(=O)[nH]1)C(=O)Cc1ccc(Cl)cc1Cl. The summed E-state index contributed by atoms with van der Waals surface area (Å²) < 4.78 is 0. The number of hydrogen-bond donors (Lipinski definition) is 1. The second kappa shape index (κ2) is 7.89. The number of rotatable bonds is 5. The van der Waals surface area contributed by atoms with E-state index in [0.29, 0.717) is 38.9 Å². The van der Waals surface area contributed by atoms with Crippen LogP contribution < -0.4 is 5.56 Å². The first kappa shape index (κ1) is 18.4. The van der Waals surface area contributed by atoms with E-state index >= 15 is 0 Å². The summed E-state index contributed by atoms with van der Waals surface area (Å²) >= 11 is 12.0. The molecule has 1 aromatic heterocycles. The van der Waals surface area contributed by atoms with Crippen LogP contribution in [0.1, 0.15) is 18.3 Å². The Morgan fingerprint density at radius 2 is 1.96 bits per heavy atom. The lowest BCUT2D eigenvalue weighted by Crippen LogP contribution is -2.33. The Balaban J connectivity index is 1.80. The van der Waals surface area contributed by atoms with Gasteiger partial charge in [0.05, 0.1) is 23.9 Å². The van der Waals surface area contributed by atoms with Crippen LogP contribution in [0.15, 0.2) is 47.3 Å². The number of H-pyrrole nitrogens is 1. The van der Waals surface area contributed by atoms with Crippen LogP contribution >= 0.6 is 23.2 Å². The van der Waals surface area contributed by atoms with Crippen molar-refractivity contribution >= 4 is 40.0 Å². The van der Waals surface area contributed by atoms with Crippen LogP contribution in [0, 0.1) is 0 Å². The Hall–Kier alpha value is -2.37. The minimum atomic E-state index is -0.213. The maximum atomic E-state index is 12.6. The molecule has 1 amide bonds. The number of carbonyl (C=O) groups excluding carboxylic acids is 1. The lowest BCUT2D eigenvalue weighted by Gasteiger charge is -2.20. The average molecular weight is 390 g/mol. The molecule has 3 rings (SSSR count). The molecule has 5 nitrogen and oxygen atoms in total. The van der Waals surface area contributed by atoms with Crippen LogP contribution in [-0.4, -0.2) is 27.3 Å². The van der Waals surface area contributed by atoms with E-state index < -0.39 is 0 Å². The molecule has 0 saturated carbocycles. The van der Waals surface area contributed by atoms with Gasteiger partial charge in [-0.3, -0.25) is 9.59 Å². The first-order valence-electron chi connectivity index (χ1n) is 8.17. The van der Waals surface area contributed by atoms with E-state index in [-0.39, 0.29) is 24.4 Å². The summed E-state index contributed by atoms with van der Waals surface area (Å²) in [5, 5.41) is 1.51. The van der Waals surface area contributed by atoms with Gasteiger partial charge in [-0.15, -0.1) is 0 Å². The highest BCUT2D eigenvalue weighted by atomic mass is 35.5. The van der Waals surface area contributed by atoms with Gasteiger partial charge in [-0.2, -0.15) is 0 Å². The van der Waals surface area contributed by atoms with Gasteiger partial charge in [0.15, 0.2) is 0 Å². The predicted molar refractivity (Wildman–Crippen MR) is 104 cm³/mol. The molecule has 0 aliphatic heterocycles. The summed E-state index contributed by atoms with van der Waals surface area (Å²) in [7, 11) is 0. The van der Waals surface area contributed by atoms with Crippen molar-refractivity contribution in [2.75, 3.05) is 6.54 Å². The van der Waals surface area contributed by atoms with Crippen molar-refractivity contribution in [3.8, 4) is 0 Å². The van der Waals surface area contributed by atoms with Crippen molar-refractivity contribution in [2.24, 2.45) is 0 Å². The van der Waals surface area contributed by atoms with Crippen molar-refractivity contribution in [3.63, 3.8) is 0 Å². The van der Waals surface area contributed by atoms with Gasteiger partial charge in [0, 0.05) is 16.6 Å². The van der Waals surface area contributed by atoms with Crippen molar-refractivity contribution in [1.29, 1.82) is 0 Å². The fraction of sp³-hybridized carbons (Fsp3) is 0.211. The van der Waals surface area contributed by atoms with Crippen molar-refractivity contribution in [2.45, 2.75) is 19.9 Å². The zero-order chi connectivity index (χ0) is 18.7. The van der Waals surface area contributed by atoms with Crippen LogP contribution in [0.5, 0.6) is 0 Å². The lowest BCUT2D eigenvalue weighted by atomic mass is 10.1. The molecule has 0 unspecified atom stereocenters. The number of benzene rings is 2. The van der Waals surface area contributed by atoms with E-state index in [1.165, 1.54) is 0 Å². The summed E-state index contributed by atoms with van der Waals surface area (Å²) in [6, 6.07) is 12.2. The van der Waals surface area contributed by atoms with E-state index in [1.807, 2.05) is 13.0 Å². The highest BCUT2D eigenvalue weighted by Crippen LogP contribution is 2.22. The molecule has 0 radical (unpaired) electrons. The monoisotopic (exact) mass is 389 g/mol. The third kappa shape index (κ3) is 4.06. The topological polar surface area (TPSA) is 66.1 Å². The van der Waals surface area contributed by atoms with E-state index in [2.05, 4.69) is 9.97 Å². The molecular formula is C19H17Cl2N3O2. The van der Waals surface area contributed by atoms with Gasteiger partial charge in [0.1, 0.15) is 5.82 Å². The number of para-hydroxylation sites is 1. The van der Waals surface area contributed by atoms with E-state index in [1.54, 1.807) is 41.3 Å². The Labute approximate surface area is 160 Å². The highest BCUT2D eigenvalue weighted by molar-refractivity contribution is 6.35. The van der Waals surface area contributed by atoms with E-state index in [9.17, 15) is 9.59 Å². The summed E-state index contributed by atoms with van der Waals surface area (Å²) in [6.45, 7) is 2.59. The number of aromatic amines is 1. The molecule has 3 aromatic rings. The number of fused-ring (bicyclic) bond motifs is 1. The number of nitrogens with zero attached hydrogens (tertiary/aromatic N) is 2. The zero-order valence-electron chi connectivity index (χ0n) is 14.1.